The Bertz CT molecular complexity index is 714. The summed E-state index contributed by atoms with van der Waals surface area (Å²) >= 11 is 0. The Morgan fingerprint density at radius 2 is 1.92 bits per heavy atom. The van der Waals surface area contributed by atoms with E-state index in [9.17, 15) is 4.79 Å². The van der Waals surface area contributed by atoms with Gasteiger partial charge in [0.1, 0.15) is 0 Å². The number of carbonyl (C=O) groups is 1. The van der Waals surface area contributed by atoms with Crippen LogP contribution in [-0.4, -0.2) is 32.2 Å². The van der Waals surface area contributed by atoms with E-state index in [1.807, 2.05) is 12.1 Å². The first-order valence-electron chi connectivity index (χ1n) is 7.33. The number of nitrogens with zero attached hydrogens (tertiary/aromatic N) is 1. The minimum atomic E-state index is -0.212. The molecule has 0 saturated heterocycles. The lowest BCUT2D eigenvalue weighted by Gasteiger charge is -2.13. The maximum Gasteiger partial charge on any atom is 0.244 e. The van der Waals surface area contributed by atoms with Gasteiger partial charge in [0.15, 0.2) is 11.5 Å². The molecule has 6 nitrogen and oxygen atoms in total. The van der Waals surface area contributed by atoms with Gasteiger partial charge >= 0.3 is 0 Å². The predicted octanol–water partition coefficient (Wildman–Crippen LogP) is 2.44. The van der Waals surface area contributed by atoms with Crippen LogP contribution < -0.4 is 19.5 Å². The number of carbonyl (C=O) groups excluding carboxylic acids is 1. The monoisotopic (exact) mass is 328 g/mol. The van der Waals surface area contributed by atoms with E-state index in [4.69, 9.17) is 14.2 Å². The molecule has 126 valence electrons. The zero-order valence-electron chi connectivity index (χ0n) is 13.9. The summed E-state index contributed by atoms with van der Waals surface area (Å²) in [6.45, 7) is 0.417. The van der Waals surface area contributed by atoms with Gasteiger partial charge in [-0.15, -0.1) is 0 Å². The van der Waals surface area contributed by atoms with E-state index in [-0.39, 0.29) is 5.91 Å². The second kappa shape index (κ2) is 8.57. The molecule has 0 aliphatic heterocycles. The molecule has 0 radical (unpaired) electrons. The van der Waals surface area contributed by atoms with Crippen molar-refractivity contribution in [3.8, 4) is 17.2 Å². The van der Waals surface area contributed by atoms with E-state index in [1.54, 1.807) is 37.7 Å². The van der Waals surface area contributed by atoms with Crippen LogP contribution in [0.4, 0.5) is 0 Å². The number of aromatic nitrogens is 1. The quantitative estimate of drug-likeness (QED) is 0.791. The van der Waals surface area contributed by atoms with Gasteiger partial charge in [-0.05, 0) is 29.8 Å². The third-order valence-electron chi connectivity index (χ3n) is 3.34. The third kappa shape index (κ3) is 4.25. The summed E-state index contributed by atoms with van der Waals surface area (Å²) in [5.74, 6) is 1.34. The number of rotatable bonds is 7. The molecular weight excluding hydrogens is 308 g/mol. The fourth-order valence-corrected chi connectivity index (χ4v) is 2.17. The lowest BCUT2D eigenvalue weighted by atomic mass is 10.1. The topological polar surface area (TPSA) is 69.7 Å². The van der Waals surface area contributed by atoms with Crippen molar-refractivity contribution in [3.05, 3.63) is 53.9 Å². The Kier molecular flexibility index (Phi) is 6.19. The summed E-state index contributed by atoms with van der Waals surface area (Å²) in [4.78, 5) is 16.0. The highest BCUT2D eigenvalue weighted by Crippen LogP contribution is 2.40. The van der Waals surface area contributed by atoms with Crippen molar-refractivity contribution in [2.24, 2.45) is 0 Å². The number of nitrogens with one attached hydrogen (secondary N) is 1. The van der Waals surface area contributed by atoms with Gasteiger partial charge in [0.05, 0.1) is 21.3 Å². The maximum absolute atomic E-state index is 12.0. The minimum Gasteiger partial charge on any atom is -0.493 e. The molecule has 0 aliphatic rings. The lowest BCUT2D eigenvalue weighted by molar-refractivity contribution is -0.116. The second-order valence-corrected chi connectivity index (χ2v) is 4.84. The average molecular weight is 328 g/mol. The number of pyridine rings is 1. The molecule has 0 atom stereocenters. The first-order valence-corrected chi connectivity index (χ1v) is 7.33. The van der Waals surface area contributed by atoms with E-state index in [0.29, 0.717) is 29.4 Å². The van der Waals surface area contributed by atoms with Gasteiger partial charge in [-0.25, -0.2) is 0 Å². The van der Waals surface area contributed by atoms with Crippen LogP contribution in [0.25, 0.3) is 6.08 Å². The summed E-state index contributed by atoms with van der Waals surface area (Å²) < 4.78 is 15.9. The first-order chi connectivity index (χ1) is 11.7. The van der Waals surface area contributed by atoms with Crippen LogP contribution in [0.5, 0.6) is 17.2 Å². The molecule has 0 saturated carbocycles. The standard InChI is InChI=1S/C18H20N2O4/c1-22-15-8-6-14(17(23-2)18(15)24-3)7-9-16(21)20-12-13-5-4-10-19-11-13/h4-11H,12H2,1-3H3,(H,20,21)/b9-7+. The first kappa shape index (κ1) is 17.3. The van der Waals surface area contributed by atoms with Gasteiger partial charge in [-0.1, -0.05) is 6.07 Å². The Balaban J connectivity index is 2.09. The smallest absolute Gasteiger partial charge is 0.244 e. The molecule has 0 spiro atoms. The van der Waals surface area contributed by atoms with E-state index in [1.165, 1.54) is 20.3 Å². The molecule has 1 heterocycles. The molecule has 0 unspecified atom stereocenters. The van der Waals surface area contributed by atoms with E-state index in [0.717, 1.165) is 5.56 Å². The number of hydrogen-bond acceptors (Lipinski definition) is 5. The number of ether oxygens (including phenoxy) is 3. The van der Waals surface area contributed by atoms with Crippen LogP contribution in [0, 0.1) is 0 Å². The summed E-state index contributed by atoms with van der Waals surface area (Å²) in [6.07, 6.45) is 6.51. The molecule has 0 bridgehead atoms. The highest BCUT2D eigenvalue weighted by Gasteiger charge is 2.14. The van der Waals surface area contributed by atoms with Crippen molar-refractivity contribution < 1.29 is 19.0 Å². The second-order valence-electron chi connectivity index (χ2n) is 4.84. The Labute approximate surface area is 141 Å². The van der Waals surface area contributed by atoms with Crippen LogP contribution >= 0.6 is 0 Å². The molecule has 1 aromatic heterocycles. The molecule has 2 aromatic rings. The van der Waals surface area contributed by atoms with Crippen molar-refractivity contribution in [1.29, 1.82) is 0 Å². The maximum atomic E-state index is 12.0. The highest BCUT2D eigenvalue weighted by molar-refractivity contribution is 5.92. The molecule has 2 rings (SSSR count). The minimum absolute atomic E-state index is 0.212. The van der Waals surface area contributed by atoms with Crippen molar-refractivity contribution in [1.82, 2.24) is 10.3 Å². The van der Waals surface area contributed by atoms with Crippen LogP contribution in [0.2, 0.25) is 0 Å². The van der Waals surface area contributed by atoms with Gasteiger partial charge < -0.3 is 19.5 Å². The van der Waals surface area contributed by atoms with Crippen molar-refractivity contribution in [2.75, 3.05) is 21.3 Å². The largest absolute Gasteiger partial charge is 0.493 e. The average Bonchev–Trinajstić information content (AvgIpc) is 2.64. The zero-order chi connectivity index (χ0) is 17.4. The van der Waals surface area contributed by atoms with E-state index < -0.39 is 0 Å². The third-order valence-corrected chi connectivity index (χ3v) is 3.34. The van der Waals surface area contributed by atoms with Crippen LogP contribution in [0.15, 0.2) is 42.7 Å². The van der Waals surface area contributed by atoms with Gasteiger partial charge in [-0.3, -0.25) is 9.78 Å². The van der Waals surface area contributed by atoms with Crippen molar-refractivity contribution >= 4 is 12.0 Å². The van der Waals surface area contributed by atoms with Crippen LogP contribution in [-0.2, 0) is 11.3 Å². The Morgan fingerprint density at radius 3 is 2.54 bits per heavy atom. The van der Waals surface area contributed by atoms with Gasteiger partial charge in [0, 0.05) is 30.6 Å². The van der Waals surface area contributed by atoms with Crippen molar-refractivity contribution in [2.45, 2.75) is 6.54 Å². The highest BCUT2D eigenvalue weighted by atomic mass is 16.5. The van der Waals surface area contributed by atoms with Crippen LogP contribution in [0.1, 0.15) is 11.1 Å². The summed E-state index contributed by atoms with van der Waals surface area (Å²) in [7, 11) is 4.63. The molecule has 1 aromatic carbocycles. The van der Waals surface area contributed by atoms with Crippen molar-refractivity contribution in [3.63, 3.8) is 0 Å². The normalized spacial score (nSPS) is 10.5. The predicted molar refractivity (Wildman–Crippen MR) is 91.2 cm³/mol. The van der Waals surface area contributed by atoms with E-state index >= 15 is 0 Å². The summed E-state index contributed by atoms with van der Waals surface area (Å²) in [5, 5.41) is 2.80. The number of methoxy groups -OCH3 is 3. The zero-order valence-corrected chi connectivity index (χ0v) is 13.9. The molecule has 24 heavy (non-hydrogen) atoms. The summed E-state index contributed by atoms with van der Waals surface area (Å²) in [6, 6.07) is 7.28. The molecule has 0 aliphatic carbocycles. The van der Waals surface area contributed by atoms with Gasteiger partial charge in [-0.2, -0.15) is 0 Å². The number of hydrogen-bond donors (Lipinski definition) is 1. The number of amides is 1. The summed E-state index contributed by atoms with van der Waals surface area (Å²) in [5.41, 5.74) is 1.65. The SMILES string of the molecule is COc1ccc(/C=C/C(=O)NCc2cccnc2)c(OC)c1OC. The molecule has 0 fully saturated rings. The Morgan fingerprint density at radius 1 is 1.12 bits per heavy atom. The molecule has 1 N–H and O–H groups in total. The molecular formula is C18H20N2O4. The van der Waals surface area contributed by atoms with E-state index in [2.05, 4.69) is 10.3 Å². The molecule has 1 amide bonds. The fraction of sp³-hybridized carbons (Fsp3) is 0.222. The van der Waals surface area contributed by atoms with Gasteiger partial charge in [0.2, 0.25) is 11.7 Å². The fourth-order valence-electron chi connectivity index (χ4n) is 2.17. The number of benzene rings is 1. The van der Waals surface area contributed by atoms with Crippen LogP contribution in [0.3, 0.4) is 0 Å². The Hall–Kier alpha value is -3.02. The molecule has 6 heteroatoms. The lowest BCUT2D eigenvalue weighted by Crippen LogP contribution is -2.20. The van der Waals surface area contributed by atoms with Gasteiger partial charge in [0.25, 0.3) is 0 Å².